The van der Waals surface area contributed by atoms with Crippen molar-refractivity contribution in [1.82, 2.24) is 24.4 Å². The summed E-state index contributed by atoms with van der Waals surface area (Å²) in [6.07, 6.45) is 9.79. The van der Waals surface area contributed by atoms with Gasteiger partial charge in [0.05, 0.1) is 5.69 Å². The molecule has 6 rings (SSSR count). The standard InChI is InChI=1S/C25H24FN5S/c26-17-6-7-23-19(13-17)21(15-31(23)12-11-30-9-2-1-3-10-30)25-29-22(16-32-25)20-14-28-24-18(20)5-4-8-27-24/h4-8,13-16H,1-3,9-12H2,(H,27,28). The van der Waals surface area contributed by atoms with Gasteiger partial charge < -0.3 is 14.5 Å². The first-order chi connectivity index (χ1) is 15.8. The molecular formula is C25H24FN5S. The van der Waals surface area contributed by atoms with Crippen LogP contribution in [0.25, 0.3) is 43.8 Å². The number of aromatic amines is 1. The second-order valence-electron chi connectivity index (χ2n) is 8.44. The Hall–Kier alpha value is -3.03. The number of hydrogen-bond donors (Lipinski definition) is 1. The van der Waals surface area contributed by atoms with E-state index in [2.05, 4.69) is 37.1 Å². The first-order valence-electron chi connectivity index (χ1n) is 11.2. The zero-order valence-corrected chi connectivity index (χ0v) is 18.5. The number of H-pyrrole nitrogens is 1. The Morgan fingerprint density at radius 2 is 1.94 bits per heavy atom. The highest BCUT2D eigenvalue weighted by Gasteiger charge is 2.17. The molecule has 0 atom stereocenters. The fourth-order valence-electron chi connectivity index (χ4n) is 4.75. The lowest BCUT2D eigenvalue weighted by atomic mass is 10.1. The van der Waals surface area contributed by atoms with Gasteiger partial charge in [-0.2, -0.15) is 0 Å². The minimum absolute atomic E-state index is 0.216. The van der Waals surface area contributed by atoms with Crippen LogP contribution in [-0.4, -0.2) is 44.1 Å². The van der Waals surface area contributed by atoms with Gasteiger partial charge in [-0.1, -0.05) is 6.42 Å². The summed E-state index contributed by atoms with van der Waals surface area (Å²) in [5.74, 6) is -0.216. The van der Waals surface area contributed by atoms with E-state index in [4.69, 9.17) is 4.98 Å². The Kier molecular flexibility index (Phi) is 5.00. The molecule has 0 bridgehead atoms. The Morgan fingerprint density at radius 3 is 2.84 bits per heavy atom. The summed E-state index contributed by atoms with van der Waals surface area (Å²) in [5.41, 5.74) is 4.86. The van der Waals surface area contributed by atoms with Crippen LogP contribution in [0.4, 0.5) is 4.39 Å². The van der Waals surface area contributed by atoms with Crippen molar-refractivity contribution in [2.45, 2.75) is 25.8 Å². The lowest BCUT2D eigenvalue weighted by Gasteiger charge is -2.26. The summed E-state index contributed by atoms with van der Waals surface area (Å²) < 4.78 is 16.4. The van der Waals surface area contributed by atoms with E-state index in [1.54, 1.807) is 29.7 Å². The first-order valence-corrected chi connectivity index (χ1v) is 12.0. The van der Waals surface area contributed by atoms with Gasteiger partial charge in [-0.3, -0.25) is 0 Å². The maximum absolute atomic E-state index is 14.2. The van der Waals surface area contributed by atoms with Crippen molar-refractivity contribution in [3.05, 3.63) is 60.1 Å². The third-order valence-electron chi connectivity index (χ3n) is 6.41. The average Bonchev–Trinajstić information content (AvgIpc) is 3.55. The van der Waals surface area contributed by atoms with Crippen molar-refractivity contribution >= 4 is 33.3 Å². The summed E-state index contributed by atoms with van der Waals surface area (Å²) >= 11 is 1.60. The number of aromatic nitrogens is 4. The fraction of sp³-hybridized carbons (Fsp3) is 0.280. The second-order valence-corrected chi connectivity index (χ2v) is 9.30. The third kappa shape index (κ3) is 3.51. The minimum atomic E-state index is -0.216. The molecule has 1 N–H and O–H groups in total. The molecular weight excluding hydrogens is 421 g/mol. The predicted molar refractivity (Wildman–Crippen MR) is 128 cm³/mol. The quantitative estimate of drug-likeness (QED) is 0.365. The van der Waals surface area contributed by atoms with Gasteiger partial charge in [-0.25, -0.2) is 14.4 Å². The Balaban J connectivity index is 1.37. The Labute approximate surface area is 189 Å². The van der Waals surface area contributed by atoms with Gasteiger partial charge in [0.15, 0.2) is 0 Å². The number of nitrogens with zero attached hydrogens (tertiary/aromatic N) is 4. The van der Waals surface area contributed by atoms with Crippen molar-refractivity contribution in [2.24, 2.45) is 0 Å². The molecule has 1 fully saturated rings. The van der Waals surface area contributed by atoms with Crippen molar-refractivity contribution in [1.29, 1.82) is 0 Å². The van der Waals surface area contributed by atoms with Crippen LogP contribution in [0.1, 0.15) is 19.3 Å². The average molecular weight is 446 g/mol. The van der Waals surface area contributed by atoms with Crippen LogP contribution >= 0.6 is 11.3 Å². The number of rotatable bonds is 5. The number of pyridine rings is 1. The van der Waals surface area contributed by atoms with Gasteiger partial charge in [0, 0.05) is 64.5 Å². The van der Waals surface area contributed by atoms with Gasteiger partial charge in [0.2, 0.25) is 0 Å². The normalized spacial score (nSPS) is 15.2. The van der Waals surface area contributed by atoms with Crippen LogP contribution in [0.3, 0.4) is 0 Å². The number of thiazole rings is 1. The number of likely N-dealkylation sites (tertiary alicyclic amines) is 1. The van der Waals surface area contributed by atoms with Crippen LogP contribution in [0, 0.1) is 5.82 Å². The van der Waals surface area contributed by atoms with Crippen LogP contribution in [-0.2, 0) is 6.54 Å². The molecule has 4 aromatic heterocycles. The molecule has 7 heteroatoms. The minimum Gasteiger partial charge on any atom is -0.345 e. The molecule has 1 aliphatic rings. The van der Waals surface area contributed by atoms with Crippen LogP contribution in [0.2, 0.25) is 0 Å². The van der Waals surface area contributed by atoms with E-state index in [-0.39, 0.29) is 5.82 Å². The topological polar surface area (TPSA) is 49.7 Å². The fourth-order valence-corrected chi connectivity index (χ4v) is 5.59. The highest BCUT2D eigenvalue weighted by atomic mass is 32.1. The lowest BCUT2D eigenvalue weighted by Crippen LogP contribution is -2.32. The van der Waals surface area contributed by atoms with Gasteiger partial charge in [0.1, 0.15) is 16.5 Å². The van der Waals surface area contributed by atoms with Crippen LogP contribution in [0.5, 0.6) is 0 Å². The second kappa shape index (κ2) is 8.15. The van der Waals surface area contributed by atoms with E-state index >= 15 is 0 Å². The van der Waals surface area contributed by atoms with Gasteiger partial charge in [-0.15, -0.1) is 11.3 Å². The number of piperidine rings is 1. The number of fused-ring (bicyclic) bond motifs is 2. The van der Waals surface area contributed by atoms with Gasteiger partial charge in [-0.05, 0) is 56.3 Å². The van der Waals surface area contributed by atoms with E-state index in [9.17, 15) is 4.39 Å². The number of hydrogen-bond acceptors (Lipinski definition) is 4. The monoisotopic (exact) mass is 445 g/mol. The van der Waals surface area contributed by atoms with E-state index in [0.717, 1.165) is 56.9 Å². The van der Waals surface area contributed by atoms with E-state index in [1.165, 1.54) is 32.4 Å². The summed E-state index contributed by atoms with van der Waals surface area (Å²) in [5, 5.41) is 4.95. The van der Waals surface area contributed by atoms with Crippen molar-refractivity contribution < 1.29 is 4.39 Å². The molecule has 32 heavy (non-hydrogen) atoms. The smallest absolute Gasteiger partial charge is 0.137 e. The maximum atomic E-state index is 14.2. The zero-order chi connectivity index (χ0) is 21.5. The summed E-state index contributed by atoms with van der Waals surface area (Å²) in [6, 6.07) is 9.07. The Bertz CT molecular complexity index is 1390. The summed E-state index contributed by atoms with van der Waals surface area (Å²) in [7, 11) is 0. The largest absolute Gasteiger partial charge is 0.345 e. The molecule has 0 unspecified atom stereocenters. The molecule has 0 aliphatic carbocycles. The van der Waals surface area contributed by atoms with Crippen LogP contribution in [0.15, 0.2) is 54.3 Å². The van der Waals surface area contributed by atoms with Crippen molar-refractivity contribution in [2.75, 3.05) is 19.6 Å². The molecule has 162 valence electrons. The molecule has 0 spiro atoms. The number of nitrogens with one attached hydrogen (secondary N) is 1. The zero-order valence-electron chi connectivity index (χ0n) is 17.7. The van der Waals surface area contributed by atoms with E-state index < -0.39 is 0 Å². The van der Waals surface area contributed by atoms with Gasteiger partial charge >= 0.3 is 0 Å². The first kappa shape index (κ1) is 19.6. The molecule has 1 aromatic carbocycles. The molecule has 5 nitrogen and oxygen atoms in total. The molecule has 0 radical (unpaired) electrons. The van der Waals surface area contributed by atoms with Gasteiger partial charge in [0.25, 0.3) is 0 Å². The van der Waals surface area contributed by atoms with Crippen molar-refractivity contribution in [3.63, 3.8) is 0 Å². The summed E-state index contributed by atoms with van der Waals surface area (Å²) in [6.45, 7) is 4.27. The molecule has 5 aromatic rings. The highest BCUT2D eigenvalue weighted by Crippen LogP contribution is 2.36. The Morgan fingerprint density at radius 1 is 1.03 bits per heavy atom. The molecule has 0 amide bonds. The third-order valence-corrected chi connectivity index (χ3v) is 7.29. The predicted octanol–water partition coefficient (Wildman–Crippen LogP) is 5.93. The van der Waals surface area contributed by atoms with Crippen LogP contribution < -0.4 is 0 Å². The number of halogens is 1. The van der Waals surface area contributed by atoms with E-state index in [0.29, 0.717) is 0 Å². The molecule has 5 heterocycles. The lowest BCUT2D eigenvalue weighted by molar-refractivity contribution is 0.222. The maximum Gasteiger partial charge on any atom is 0.137 e. The van der Waals surface area contributed by atoms with E-state index in [1.807, 2.05) is 18.3 Å². The molecule has 1 saturated heterocycles. The summed E-state index contributed by atoms with van der Waals surface area (Å²) in [4.78, 5) is 15.1. The SMILES string of the molecule is Fc1ccc2c(c1)c(-c1nc(-c3c[nH]c4ncccc34)cs1)cn2CCN1CCCCC1. The highest BCUT2D eigenvalue weighted by molar-refractivity contribution is 7.13. The van der Waals surface area contributed by atoms with Crippen molar-refractivity contribution in [3.8, 4) is 21.8 Å². The molecule has 0 saturated carbocycles. The number of benzene rings is 1. The molecule has 1 aliphatic heterocycles.